The van der Waals surface area contributed by atoms with E-state index in [9.17, 15) is 4.79 Å². The first-order valence-corrected chi connectivity index (χ1v) is 12.1. The van der Waals surface area contributed by atoms with E-state index in [-0.39, 0.29) is 11.9 Å². The number of nitrogens with two attached hydrogens (primary N) is 3. The lowest BCUT2D eigenvalue weighted by molar-refractivity contribution is -0.136. The fraction of sp³-hybridized carbons (Fsp3) is 0.667. The van der Waals surface area contributed by atoms with Crippen LogP contribution in [0.1, 0.15) is 63.4 Å². The maximum Gasteiger partial charge on any atom is 0.239 e. The molecule has 0 radical (unpaired) electrons. The topological polar surface area (TPSA) is 111 Å². The second kappa shape index (κ2) is 11.2. The molecular formula is C24H38ClN5O. The predicted molar refractivity (Wildman–Crippen MR) is 128 cm³/mol. The van der Waals surface area contributed by atoms with Gasteiger partial charge in [-0.15, -0.1) is 0 Å². The van der Waals surface area contributed by atoms with Crippen molar-refractivity contribution < 1.29 is 4.79 Å². The molecule has 2 aliphatic rings. The van der Waals surface area contributed by atoms with Gasteiger partial charge in [0.05, 0.1) is 6.04 Å². The average molecular weight is 448 g/mol. The van der Waals surface area contributed by atoms with Crippen LogP contribution in [0.4, 0.5) is 0 Å². The third-order valence-corrected chi connectivity index (χ3v) is 7.61. The van der Waals surface area contributed by atoms with Crippen molar-refractivity contribution >= 4 is 23.5 Å². The molecule has 0 bridgehead atoms. The fourth-order valence-electron chi connectivity index (χ4n) is 5.59. The summed E-state index contributed by atoms with van der Waals surface area (Å²) in [5.74, 6) is 0.981. The molecule has 172 valence electrons. The molecule has 1 atom stereocenters. The van der Waals surface area contributed by atoms with Crippen LogP contribution >= 0.6 is 11.6 Å². The summed E-state index contributed by atoms with van der Waals surface area (Å²) in [4.78, 5) is 19.2. The second-order valence-electron chi connectivity index (χ2n) is 9.37. The van der Waals surface area contributed by atoms with E-state index in [2.05, 4.69) is 4.99 Å². The predicted octanol–water partition coefficient (Wildman–Crippen LogP) is 3.45. The minimum Gasteiger partial charge on any atom is -0.370 e. The summed E-state index contributed by atoms with van der Waals surface area (Å²) in [6.45, 7) is 2.28. The maximum atomic E-state index is 13.0. The van der Waals surface area contributed by atoms with Crippen LogP contribution in [0.25, 0.3) is 0 Å². The molecule has 0 spiro atoms. The minimum absolute atomic E-state index is 0.0627. The van der Waals surface area contributed by atoms with Crippen molar-refractivity contribution in [1.82, 2.24) is 4.90 Å². The SMILES string of the molecule is NC(N)=NCCCC1(C2CCCCC2)CCN(C(=O)[C@H](N)Cc2ccc(Cl)cc2)CC1. The van der Waals surface area contributed by atoms with Crippen LogP contribution in [0.3, 0.4) is 0 Å². The summed E-state index contributed by atoms with van der Waals surface area (Å²) in [5.41, 5.74) is 18.6. The summed E-state index contributed by atoms with van der Waals surface area (Å²) in [6.07, 6.45) is 11.4. The van der Waals surface area contributed by atoms with Crippen LogP contribution in [0.2, 0.25) is 5.02 Å². The van der Waals surface area contributed by atoms with E-state index in [4.69, 9.17) is 28.8 Å². The van der Waals surface area contributed by atoms with Gasteiger partial charge < -0.3 is 22.1 Å². The Morgan fingerprint density at radius 3 is 2.39 bits per heavy atom. The van der Waals surface area contributed by atoms with Crippen molar-refractivity contribution in [1.29, 1.82) is 0 Å². The number of halogens is 1. The third-order valence-electron chi connectivity index (χ3n) is 7.36. The summed E-state index contributed by atoms with van der Waals surface area (Å²) >= 11 is 5.96. The zero-order valence-corrected chi connectivity index (χ0v) is 19.3. The van der Waals surface area contributed by atoms with Crippen LogP contribution in [-0.2, 0) is 11.2 Å². The first kappa shape index (κ1) is 23.9. The number of carbonyl (C=O) groups is 1. The number of hydrogen-bond acceptors (Lipinski definition) is 3. The summed E-state index contributed by atoms with van der Waals surface area (Å²) in [7, 11) is 0. The summed E-state index contributed by atoms with van der Waals surface area (Å²) in [6, 6.07) is 7.06. The van der Waals surface area contributed by atoms with Crippen molar-refractivity contribution in [2.75, 3.05) is 19.6 Å². The molecule has 6 N–H and O–H groups in total. The normalized spacial score (nSPS) is 20.3. The Morgan fingerprint density at radius 2 is 1.77 bits per heavy atom. The first-order valence-electron chi connectivity index (χ1n) is 11.7. The van der Waals surface area contributed by atoms with E-state index in [0.717, 1.165) is 50.3 Å². The van der Waals surface area contributed by atoms with Gasteiger partial charge in [0, 0.05) is 24.7 Å². The van der Waals surface area contributed by atoms with Gasteiger partial charge in [-0.05, 0) is 74.0 Å². The fourth-order valence-corrected chi connectivity index (χ4v) is 5.71. The molecule has 6 nitrogen and oxygen atoms in total. The van der Waals surface area contributed by atoms with E-state index >= 15 is 0 Å². The van der Waals surface area contributed by atoms with Crippen LogP contribution in [-0.4, -0.2) is 42.4 Å². The van der Waals surface area contributed by atoms with Gasteiger partial charge in [-0.25, -0.2) is 0 Å². The van der Waals surface area contributed by atoms with Crippen LogP contribution in [0, 0.1) is 11.3 Å². The second-order valence-corrected chi connectivity index (χ2v) is 9.81. The van der Waals surface area contributed by atoms with Crippen LogP contribution in [0.15, 0.2) is 29.3 Å². The van der Waals surface area contributed by atoms with Gasteiger partial charge in [-0.3, -0.25) is 9.79 Å². The van der Waals surface area contributed by atoms with Crippen molar-refractivity contribution in [2.24, 2.45) is 33.5 Å². The zero-order chi connectivity index (χ0) is 22.3. The Kier molecular flexibility index (Phi) is 8.61. The summed E-state index contributed by atoms with van der Waals surface area (Å²) in [5, 5.41) is 0.693. The highest BCUT2D eigenvalue weighted by atomic mass is 35.5. The molecule has 1 aromatic carbocycles. The van der Waals surface area contributed by atoms with Crippen molar-refractivity contribution in [2.45, 2.75) is 70.3 Å². The molecule has 2 fully saturated rings. The number of piperidine rings is 1. The van der Waals surface area contributed by atoms with E-state index in [1.165, 1.54) is 32.1 Å². The van der Waals surface area contributed by atoms with Gasteiger partial charge in [-0.2, -0.15) is 0 Å². The van der Waals surface area contributed by atoms with Gasteiger partial charge in [0.1, 0.15) is 0 Å². The Morgan fingerprint density at radius 1 is 1.13 bits per heavy atom. The highest BCUT2D eigenvalue weighted by molar-refractivity contribution is 6.30. The highest BCUT2D eigenvalue weighted by Crippen LogP contribution is 2.48. The number of rotatable bonds is 8. The van der Waals surface area contributed by atoms with Gasteiger partial charge in [0.25, 0.3) is 0 Å². The molecule has 0 aromatic heterocycles. The highest BCUT2D eigenvalue weighted by Gasteiger charge is 2.42. The number of likely N-dealkylation sites (tertiary alicyclic amines) is 1. The van der Waals surface area contributed by atoms with Gasteiger partial charge in [0.2, 0.25) is 5.91 Å². The molecule has 1 aliphatic heterocycles. The molecule has 1 saturated carbocycles. The van der Waals surface area contributed by atoms with E-state index in [1.807, 2.05) is 29.2 Å². The lowest BCUT2D eigenvalue weighted by atomic mass is 9.61. The summed E-state index contributed by atoms with van der Waals surface area (Å²) < 4.78 is 0. The Labute approximate surface area is 191 Å². The molecule has 1 saturated heterocycles. The molecule has 0 unspecified atom stereocenters. The molecule has 7 heteroatoms. The van der Waals surface area contributed by atoms with Gasteiger partial charge in [0.15, 0.2) is 5.96 Å². The first-order chi connectivity index (χ1) is 14.9. The van der Waals surface area contributed by atoms with Crippen molar-refractivity contribution in [3.8, 4) is 0 Å². The van der Waals surface area contributed by atoms with Crippen molar-refractivity contribution in [3.63, 3.8) is 0 Å². The molecule has 31 heavy (non-hydrogen) atoms. The largest absolute Gasteiger partial charge is 0.370 e. The van der Waals surface area contributed by atoms with E-state index in [0.29, 0.717) is 23.4 Å². The van der Waals surface area contributed by atoms with Crippen LogP contribution < -0.4 is 17.2 Å². The molecule has 1 aliphatic carbocycles. The quantitative estimate of drug-likeness (QED) is 0.322. The minimum atomic E-state index is -0.509. The molecule has 1 amide bonds. The number of amides is 1. The Hall–Kier alpha value is -1.79. The van der Waals surface area contributed by atoms with E-state index < -0.39 is 6.04 Å². The lowest BCUT2D eigenvalue weighted by Crippen LogP contribution is -2.51. The number of carbonyl (C=O) groups excluding carboxylic acids is 1. The number of aliphatic imine (C=N–C) groups is 1. The molecule has 1 heterocycles. The molecule has 1 aromatic rings. The molecular weight excluding hydrogens is 410 g/mol. The van der Waals surface area contributed by atoms with Crippen LogP contribution in [0.5, 0.6) is 0 Å². The number of hydrogen-bond donors (Lipinski definition) is 3. The Bertz CT molecular complexity index is 733. The Balaban J connectivity index is 1.58. The average Bonchev–Trinajstić information content (AvgIpc) is 2.78. The van der Waals surface area contributed by atoms with Gasteiger partial charge in [-0.1, -0.05) is 43.0 Å². The number of benzene rings is 1. The monoisotopic (exact) mass is 447 g/mol. The smallest absolute Gasteiger partial charge is 0.239 e. The van der Waals surface area contributed by atoms with Crippen molar-refractivity contribution in [3.05, 3.63) is 34.9 Å². The number of nitrogens with zero attached hydrogens (tertiary/aromatic N) is 2. The number of guanidine groups is 1. The standard InChI is InChI=1S/C24H38ClN5O/c25-20-9-7-18(8-10-20)17-21(26)22(31)30-15-12-24(13-16-30,11-4-14-29-23(27)28)19-5-2-1-3-6-19/h7-10,19,21H,1-6,11-17,26H2,(H4,27,28,29)/t21-/m1/s1. The lowest BCUT2D eigenvalue weighted by Gasteiger charge is -2.48. The molecule has 3 rings (SSSR count). The zero-order valence-electron chi connectivity index (χ0n) is 18.6. The third kappa shape index (κ3) is 6.59. The maximum absolute atomic E-state index is 13.0. The van der Waals surface area contributed by atoms with Gasteiger partial charge >= 0.3 is 0 Å². The van der Waals surface area contributed by atoms with E-state index in [1.54, 1.807) is 0 Å².